The average Bonchev–Trinajstić information content (AvgIpc) is 2.69. The molecular weight excluding hydrogens is 348 g/mol. The Balaban J connectivity index is 0. The van der Waals surface area contributed by atoms with E-state index in [9.17, 15) is 4.79 Å². The van der Waals surface area contributed by atoms with Gasteiger partial charge in [-0.3, -0.25) is 4.79 Å². The smallest absolute Gasteiger partial charge is 0.220 e. The number of unbranched alkanes of at least 4 members (excludes halogenated alkanes) is 6. The van der Waals surface area contributed by atoms with Gasteiger partial charge in [0.2, 0.25) is 5.91 Å². The van der Waals surface area contributed by atoms with Crippen molar-refractivity contribution in [1.82, 2.24) is 10.6 Å². The standard InChI is InChI=1S/C21H44N4O.C2H6/c1-3-5-8-12-20(13-9-6-4-2)25-21(26)14-10-7-11-17-24-18-19(23)15-16-22;1-2/h18,20,24H,3-17,22-23H2,1-2H3,(H,25,26);1-2H3/b19-18-;. The largest absolute Gasteiger partial charge is 0.401 e. The van der Waals surface area contributed by atoms with E-state index in [0.29, 0.717) is 19.0 Å². The maximum Gasteiger partial charge on any atom is 0.220 e. The van der Waals surface area contributed by atoms with Crippen LogP contribution in [0.25, 0.3) is 0 Å². The van der Waals surface area contributed by atoms with Crippen LogP contribution in [0.15, 0.2) is 11.9 Å². The number of nitrogens with two attached hydrogens (primary N) is 2. The molecule has 0 saturated carbocycles. The van der Waals surface area contributed by atoms with Gasteiger partial charge in [-0.15, -0.1) is 0 Å². The van der Waals surface area contributed by atoms with Crippen molar-refractivity contribution in [2.24, 2.45) is 11.5 Å². The first-order chi connectivity index (χ1) is 13.6. The minimum Gasteiger partial charge on any atom is -0.401 e. The average molecular weight is 399 g/mol. The number of carbonyl (C=O) groups excluding carboxylic acids is 1. The molecule has 0 aromatic heterocycles. The molecule has 0 heterocycles. The molecule has 0 atom stereocenters. The van der Waals surface area contributed by atoms with E-state index in [1.807, 2.05) is 20.0 Å². The molecule has 0 fully saturated rings. The van der Waals surface area contributed by atoms with Gasteiger partial charge in [-0.1, -0.05) is 72.6 Å². The van der Waals surface area contributed by atoms with Crippen LogP contribution >= 0.6 is 0 Å². The molecule has 0 aromatic rings. The van der Waals surface area contributed by atoms with E-state index in [1.54, 1.807) is 0 Å². The van der Waals surface area contributed by atoms with Crippen molar-refractivity contribution in [3.8, 4) is 0 Å². The summed E-state index contributed by atoms with van der Waals surface area (Å²) in [5.41, 5.74) is 12.0. The summed E-state index contributed by atoms with van der Waals surface area (Å²) in [7, 11) is 0. The zero-order valence-electron chi connectivity index (χ0n) is 19.3. The first-order valence-electron chi connectivity index (χ1n) is 11.8. The lowest BCUT2D eigenvalue weighted by Crippen LogP contribution is -2.34. The molecule has 0 aliphatic carbocycles. The Morgan fingerprint density at radius 2 is 1.50 bits per heavy atom. The van der Waals surface area contributed by atoms with E-state index in [2.05, 4.69) is 24.5 Å². The summed E-state index contributed by atoms with van der Waals surface area (Å²) >= 11 is 0. The van der Waals surface area contributed by atoms with Crippen molar-refractivity contribution in [3.05, 3.63) is 11.9 Å². The van der Waals surface area contributed by atoms with Crippen molar-refractivity contribution in [3.63, 3.8) is 0 Å². The van der Waals surface area contributed by atoms with Gasteiger partial charge in [-0.05, 0) is 32.2 Å². The summed E-state index contributed by atoms with van der Waals surface area (Å²) in [5.74, 6) is 0.225. The van der Waals surface area contributed by atoms with Crippen LogP contribution in [-0.2, 0) is 4.79 Å². The highest BCUT2D eigenvalue weighted by Gasteiger charge is 2.11. The molecule has 0 aliphatic heterocycles. The fourth-order valence-electron chi connectivity index (χ4n) is 3.00. The maximum absolute atomic E-state index is 12.2. The molecule has 0 spiro atoms. The number of amides is 1. The van der Waals surface area contributed by atoms with E-state index in [4.69, 9.17) is 11.5 Å². The van der Waals surface area contributed by atoms with Gasteiger partial charge in [0.25, 0.3) is 0 Å². The molecule has 6 N–H and O–H groups in total. The third-order valence-corrected chi connectivity index (χ3v) is 4.62. The number of hydrogen-bond acceptors (Lipinski definition) is 4. The fraction of sp³-hybridized carbons (Fsp3) is 0.870. The van der Waals surface area contributed by atoms with Gasteiger partial charge in [0.15, 0.2) is 0 Å². The van der Waals surface area contributed by atoms with E-state index in [1.165, 1.54) is 38.5 Å². The molecule has 0 saturated heterocycles. The second-order valence-electron chi connectivity index (χ2n) is 7.28. The van der Waals surface area contributed by atoms with Gasteiger partial charge in [-0.25, -0.2) is 0 Å². The van der Waals surface area contributed by atoms with Crippen molar-refractivity contribution >= 4 is 5.91 Å². The molecule has 5 nitrogen and oxygen atoms in total. The molecule has 1 amide bonds. The quantitative estimate of drug-likeness (QED) is 0.246. The lowest BCUT2D eigenvalue weighted by atomic mass is 10.0. The highest BCUT2D eigenvalue weighted by molar-refractivity contribution is 5.76. The SMILES string of the molecule is CC.CCCCCC(CCCCC)NC(=O)CCCCCN/C=C(\N)CCN. The second-order valence-corrected chi connectivity index (χ2v) is 7.28. The van der Waals surface area contributed by atoms with E-state index < -0.39 is 0 Å². The van der Waals surface area contributed by atoms with Crippen LogP contribution in [0.2, 0.25) is 0 Å². The Morgan fingerprint density at radius 1 is 0.893 bits per heavy atom. The van der Waals surface area contributed by atoms with Gasteiger partial charge in [0, 0.05) is 37.3 Å². The van der Waals surface area contributed by atoms with Crippen LogP contribution in [0.3, 0.4) is 0 Å². The highest BCUT2D eigenvalue weighted by atomic mass is 16.1. The molecule has 0 radical (unpaired) electrons. The summed E-state index contributed by atoms with van der Waals surface area (Å²) in [6, 6.07) is 0.373. The van der Waals surface area contributed by atoms with Crippen LogP contribution in [0.5, 0.6) is 0 Å². The number of rotatable bonds is 18. The van der Waals surface area contributed by atoms with Crippen molar-refractivity contribution in [1.29, 1.82) is 0 Å². The van der Waals surface area contributed by atoms with Gasteiger partial charge in [-0.2, -0.15) is 0 Å². The van der Waals surface area contributed by atoms with Crippen molar-refractivity contribution in [2.45, 2.75) is 117 Å². The molecule has 0 rings (SSSR count). The summed E-state index contributed by atoms with van der Waals surface area (Å²) in [6.07, 6.45) is 16.0. The summed E-state index contributed by atoms with van der Waals surface area (Å²) in [5, 5.41) is 6.48. The Kier molecular flexibility index (Phi) is 24.6. The molecule has 5 heteroatoms. The van der Waals surface area contributed by atoms with Crippen LogP contribution in [0.4, 0.5) is 0 Å². The summed E-state index contributed by atoms with van der Waals surface area (Å²) in [4.78, 5) is 12.2. The zero-order valence-corrected chi connectivity index (χ0v) is 19.3. The highest BCUT2D eigenvalue weighted by Crippen LogP contribution is 2.12. The molecule has 28 heavy (non-hydrogen) atoms. The summed E-state index contributed by atoms with van der Waals surface area (Å²) < 4.78 is 0. The topological polar surface area (TPSA) is 93.2 Å². The Hall–Kier alpha value is -1.23. The van der Waals surface area contributed by atoms with Crippen LogP contribution in [-0.4, -0.2) is 25.0 Å². The Bertz CT molecular complexity index is 349. The third kappa shape index (κ3) is 21.1. The lowest BCUT2D eigenvalue weighted by Gasteiger charge is -2.18. The predicted octanol–water partition coefficient (Wildman–Crippen LogP) is 4.96. The lowest BCUT2D eigenvalue weighted by molar-refractivity contribution is -0.122. The number of nitrogens with one attached hydrogen (secondary N) is 2. The zero-order chi connectivity index (χ0) is 21.5. The second kappa shape index (κ2) is 23.8. The molecule has 0 aliphatic rings. The first kappa shape index (κ1) is 29.0. The Morgan fingerprint density at radius 3 is 2.04 bits per heavy atom. The normalized spacial score (nSPS) is 11.1. The van der Waals surface area contributed by atoms with Crippen LogP contribution in [0, 0.1) is 0 Å². The number of carbonyl (C=O) groups is 1. The van der Waals surface area contributed by atoms with E-state index >= 15 is 0 Å². The predicted molar refractivity (Wildman–Crippen MR) is 124 cm³/mol. The first-order valence-corrected chi connectivity index (χ1v) is 11.8. The minimum absolute atomic E-state index is 0.225. The van der Waals surface area contributed by atoms with Gasteiger partial charge in [0.1, 0.15) is 0 Å². The molecule has 0 unspecified atom stereocenters. The van der Waals surface area contributed by atoms with Crippen molar-refractivity contribution in [2.75, 3.05) is 13.1 Å². The minimum atomic E-state index is 0.225. The Labute approximate surface area is 175 Å². The van der Waals surface area contributed by atoms with Gasteiger partial charge >= 0.3 is 0 Å². The van der Waals surface area contributed by atoms with Crippen molar-refractivity contribution < 1.29 is 4.79 Å². The molecule has 0 bridgehead atoms. The molecular formula is C23H50N4O. The maximum atomic E-state index is 12.2. The van der Waals surface area contributed by atoms with Gasteiger partial charge in [0.05, 0.1) is 0 Å². The van der Waals surface area contributed by atoms with E-state index in [0.717, 1.165) is 50.8 Å². The van der Waals surface area contributed by atoms with Crippen LogP contribution in [0.1, 0.15) is 111 Å². The number of hydrogen-bond donors (Lipinski definition) is 4. The molecule has 168 valence electrons. The third-order valence-electron chi connectivity index (χ3n) is 4.62. The molecule has 0 aromatic carbocycles. The van der Waals surface area contributed by atoms with Crippen LogP contribution < -0.4 is 22.1 Å². The monoisotopic (exact) mass is 398 g/mol. The fourth-order valence-corrected chi connectivity index (χ4v) is 3.00. The van der Waals surface area contributed by atoms with Gasteiger partial charge < -0.3 is 22.1 Å². The van der Waals surface area contributed by atoms with E-state index in [-0.39, 0.29) is 5.91 Å². The summed E-state index contributed by atoms with van der Waals surface area (Å²) in [6.45, 7) is 9.92.